The van der Waals surface area contributed by atoms with Gasteiger partial charge in [-0.05, 0) is 33.3 Å². The van der Waals surface area contributed by atoms with Gasteiger partial charge in [0.1, 0.15) is 11.6 Å². The molecule has 0 heterocycles. The van der Waals surface area contributed by atoms with Gasteiger partial charge >= 0.3 is 12.1 Å². The lowest BCUT2D eigenvalue weighted by Gasteiger charge is -2.22. The molecule has 0 aromatic carbocycles. The molecule has 0 fully saturated rings. The van der Waals surface area contributed by atoms with Crippen LogP contribution in [0.4, 0.5) is 4.79 Å². The molecule has 0 spiro atoms. The summed E-state index contributed by atoms with van der Waals surface area (Å²) < 4.78 is 4.95. The molecule has 0 aromatic heterocycles. The molecule has 0 bridgehead atoms. The Kier molecular flexibility index (Phi) is 6.60. The number of carbonyl (C=O) groups excluding carboxylic acids is 2. The summed E-state index contributed by atoms with van der Waals surface area (Å²) in [7, 11) is 0. The fraction of sp³-hybridized carbons (Fsp3) is 0.583. The van der Waals surface area contributed by atoms with Crippen LogP contribution in [0.15, 0.2) is 12.7 Å². The highest BCUT2D eigenvalue weighted by atomic mass is 16.6. The van der Waals surface area contributed by atoms with Crippen molar-refractivity contribution in [2.45, 2.75) is 38.8 Å². The van der Waals surface area contributed by atoms with Crippen molar-refractivity contribution in [1.29, 1.82) is 0 Å². The number of amides is 2. The van der Waals surface area contributed by atoms with Crippen LogP contribution in [0.1, 0.15) is 27.2 Å². The Hall–Kier alpha value is -2.05. The summed E-state index contributed by atoms with van der Waals surface area (Å²) in [5.74, 6) is -1.60. The number of hydrogen-bond donors (Lipinski definition) is 3. The first-order chi connectivity index (χ1) is 8.65. The Morgan fingerprint density at radius 3 is 2.37 bits per heavy atom. The molecule has 0 aromatic rings. The molecule has 2 amide bonds. The number of carboxylic acids is 1. The lowest BCUT2D eigenvalue weighted by molar-refractivity contribution is -0.139. The van der Waals surface area contributed by atoms with E-state index in [1.54, 1.807) is 20.8 Å². The Morgan fingerprint density at radius 1 is 1.37 bits per heavy atom. The SMILES string of the molecule is C=CC(=O)NCCC(NC(=O)OC(C)(C)C)C(=O)O. The maximum absolute atomic E-state index is 11.4. The highest BCUT2D eigenvalue weighted by molar-refractivity contribution is 5.86. The zero-order valence-electron chi connectivity index (χ0n) is 11.4. The molecule has 7 nitrogen and oxygen atoms in total. The van der Waals surface area contributed by atoms with Gasteiger partial charge in [0.15, 0.2) is 0 Å². The Bertz CT molecular complexity index is 360. The number of hydrogen-bond acceptors (Lipinski definition) is 4. The monoisotopic (exact) mass is 272 g/mol. The number of nitrogens with one attached hydrogen (secondary N) is 2. The van der Waals surface area contributed by atoms with Gasteiger partial charge in [0.2, 0.25) is 5.91 Å². The summed E-state index contributed by atoms with van der Waals surface area (Å²) in [6.45, 7) is 8.39. The summed E-state index contributed by atoms with van der Waals surface area (Å²) >= 11 is 0. The third-order valence-corrected chi connectivity index (χ3v) is 1.91. The van der Waals surface area contributed by atoms with Crippen LogP contribution in [0.2, 0.25) is 0 Å². The second-order valence-electron chi connectivity index (χ2n) is 4.82. The minimum atomic E-state index is -1.20. The van der Waals surface area contributed by atoms with E-state index in [-0.39, 0.29) is 13.0 Å². The molecule has 0 radical (unpaired) electrons. The predicted octanol–water partition coefficient (Wildman–Crippen LogP) is 0.657. The number of alkyl carbamates (subject to hydrolysis) is 1. The first-order valence-corrected chi connectivity index (χ1v) is 5.78. The fourth-order valence-electron chi connectivity index (χ4n) is 1.12. The van der Waals surface area contributed by atoms with Crippen LogP contribution in [0.5, 0.6) is 0 Å². The van der Waals surface area contributed by atoms with E-state index >= 15 is 0 Å². The molecule has 0 aliphatic heterocycles. The normalized spacial score (nSPS) is 12.2. The lowest BCUT2D eigenvalue weighted by atomic mass is 10.2. The molecule has 0 aliphatic rings. The summed E-state index contributed by atoms with van der Waals surface area (Å²) in [6.07, 6.45) is 0.320. The molecule has 0 aliphatic carbocycles. The van der Waals surface area contributed by atoms with E-state index in [9.17, 15) is 14.4 Å². The van der Waals surface area contributed by atoms with Crippen LogP contribution in [0.3, 0.4) is 0 Å². The van der Waals surface area contributed by atoms with E-state index in [2.05, 4.69) is 17.2 Å². The van der Waals surface area contributed by atoms with E-state index < -0.39 is 29.6 Å². The Labute approximate surface area is 112 Å². The van der Waals surface area contributed by atoms with Gasteiger partial charge in [0.05, 0.1) is 0 Å². The van der Waals surface area contributed by atoms with Crippen molar-refractivity contribution in [2.75, 3.05) is 6.54 Å². The van der Waals surface area contributed by atoms with Crippen LogP contribution < -0.4 is 10.6 Å². The average Bonchev–Trinajstić information content (AvgIpc) is 2.24. The summed E-state index contributed by atoms with van der Waals surface area (Å²) in [5.41, 5.74) is -0.704. The summed E-state index contributed by atoms with van der Waals surface area (Å²) in [5, 5.41) is 13.6. The standard InChI is InChI=1S/C12H20N2O5/c1-5-9(15)13-7-6-8(10(16)17)14-11(18)19-12(2,3)4/h5,8H,1,6-7H2,2-4H3,(H,13,15)(H,14,18)(H,16,17). The molecule has 3 N–H and O–H groups in total. The third kappa shape index (κ3) is 8.64. The second kappa shape index (κ2) is 7.40. The van der Waals surface area contributed by atoms with Crippen molar-refractivity contribution >= 4 is 18.0 Å². The third-order valence-electron chi connectivity index (χ3n) is 1.91. The molecular formula is C12H20N2O5. The molecule has 108 valence electrons. The van der Waals surface area contributed by atoms with Crippen LogP contribution >= 0.6 is 0 Å². The predicted molar refractivity (Wildman–Crippen MR) is 68.6 cm³/mol. The van der Waals surface area contributed by atoms with Crippen molar-refractivity contribution in [2.24, 2.45) is 0 Å². The van der Waals surface area contributed by atoms with Crippen LogP contribution in [-0.2, 0) is 14.3 Å². The highest BCUT2D eigenvalue weighted by Crippen LogP contribution is 2.07. The first-order valence-electron chi connectivity index (χ1n) is 5.78. The lowest BCUT2D eigenvalue weighted by Crippen LogP contribution is -2.45. The van der Waals surface area contributed by atoms with E-state index in [4.69, 9.17) is 9.84 Å². The maximum atomic E-state index is 11.4. The van der Waals surface area contributed by atoms with Crippen molar-refractivity contribution < 1.29 is 24.2 Å². The van der Waals surface area contributed by atoms with Crippen LogP contribution in [-0.4, -0.2) is 41.3 Å². The van der Waals surface area contributed by atoms with Gasteiger partial charge in [0, 0.05) is 6.54 Å². The fourth-order valence-corrected chi connectivity index (χ4v) is 1.12. The van der Waals surface area contributed by atoms with E-state index in [0.717, 1.165) is 6.08 Å². The van der Waals surface area contributed by atoms with Gasteiger partial charge in [-0.1, -0.05) is 6.58 Å². The van der Waals surface area contributed by atoms with Crippen LogP contribution in [0, 0.1) is 0 Å². The molecule has 1 atom stereocenters. The molecule has 0 saturated carbocycles. The second-order valence-corrected chi connectivity index (χ2v) is 4.82. The van der Waals surface area contributed by atoms with Gasteiger partial charge < -0.3 is 20.5 Å². The number of carbonyl (C=O) groups is 3. The van der Waals surface area contributed by atoms with Gasteiger partial charge in [-0.3, -0.25) is 4.79 Å². The van der Waals surface area contributed by atoms with Crippen molar-refractivity contribution in [1.82, 2.24) is 10.6 Å². The highest BCUT2D eigenvalue weighted by Gasteiger charge is 2.23. The minimum Gasteiger partial charge on any atom is -0.480 e. The summed E-state index contributed by atoms with van der Waals surface area (Å²) in [6, 6.07) is -1.13. The molecular weight excluding hydrogens is 252 g/mol. The van der Waals surface area contributed by atoms with E-state index in [1.807, 2.05) is 0 Å². The average molecular weight is 272 g/mol. The molecule has 7 heteroatoms. The Morgan fingerprint density at radius 2 is 1.95 bits per heavy atom. The molecule has 19 heavy (non-hydrogen) atoms. The maximum Gasteiger partial charge on any atom is 0.408 e. The topological polar surface area (TPSA) is 105 Å². The van der Waals surface area contributed by atoms with Crippen molar-refractivity contribution in [3.63, 3.8) is 0 Å². The van der Waals surface area contributed by atoms with Gasteiger partial charge in [-0.25, -0.2) is 9.59 Å². The summed E-state index contributed by atoms with van der Waals surface area (Å²) in [4.78, 5) is 33.3. The van der Waals surface area contributed by atoms with E-state index in [0.29, 0.717) is 0 Å². The Balaban J connectivity index is 4.27. The zero-order valence-corrected chi connectivity index (χ0v) is 11.4. The van der Waals surface area contributed by atoms with Gasteiger partial charge in [0.25, 0.3) is 0 Å². The number of rotatable bonds is 6. The zero-order chi connectivity index (χ0) is 15.1. The number of ether oxygens (including phenoxy) is 1. The van der Waals surface area contributed by atoms with Crippen LogP contribution in [0.25, 0.3) is 0 Å². The number of aliphatic carboxylic acids is 1. The smallest absolute Gasteiger partial charge is 0.408 e. The molecule has 0 saturated heterocycles. The molecule has 0 rings (SSSR count). The van der Waals surface area contributed by atoms with Gasteiger partial charge in [-0.15, -0.1) is 0 Å². The molecule has 1 unspecified atom stereocenters. The van der Waals surface area contributed by atoms with Crippen molar-refractivity contribution in [3.8, 4) is 0 Å². The van der Waals surface area contributed by atoms with Crippen molar-refractivity contribution in [3.05, 3.63) is 12.7 Å². The number of carboxylic acid groups (broad SMARTS) is 1. The van der Waals surface area contributed by atoms with E-state index in [1.165, 1.54) is 0 Å². The quantitative estimate of drug-likeness (QED) is 0.616. The first kappa shape index (κ1) is 16.9. The minimum absolute atomic E-state index is 0.0498. The van der Waals surface area contributed by atoms with Gasteiger partial charge in [-0.2, -0.15) is 0 Å². The largest absolute Gasteiger partial charge is 0.480 e.